The number of carbonyl (C=O) groups is 1. The van der Waals surface area contributed by atoms with Gasteiger partial charge in [0.05, 0.1) is 5.56 Å². The fraction of sp³-hybridized carbons (Fsp3) is 0.214. The van der Waals surface area contributed by atoms with Gasteiger partial charge in [0.25, 0.3) is 0 Å². The molecule has 5 heteroatoms. The van der Waals surface area contributed by atoms with Crippen LogP contribution in [-0.2, 0) is 17.8 Å². The van der Waals surface area contributed by atoms with Crippen molar-refractivity contribution in [1.29, 1.82) is 0 Å². The number of anilines is 2. The standard InChI is InChI=1S/C14H16N2O2S/c1-2-12-3-4-13(19-12)8-18-14(17)9-5-10(15)7-11(16)6-9/h3-7H,2,8,15-16H2,1H3. The van der Waals surface area contributed by atoms with E-state index in [1.165, 1.54) is 4.88 Å². The van der Waals surface area contributed by atoms with Crippen molar-refractivity contribution in [2.45, 2.75) is 20.0 Å². The second-order valence-corrected chi connectivity index (χ2v) is 5.44. The predicted molar refractivity (Wildman–Crippen MR) is 78.1 cm³/mol. The van der Waals surface area contributed by atoms with E-state index in [9.17, 15) is 4.79 Å². The normalized spacial score (nSPS) is 10.4. The molecule has 100 valence electrons. The number of benzene rings is 1. The molecule has 1 heterocycles. The molecule has 2 rings (SSSR count). The molecular formula is C14H16N2O2S. The molecule has 2 aromatic rings. The first-order valence-electron chi connectivity index (χ1n) is 5.99. The summed E-state index contributed by atoms with van der Waals surface area (Å²) < 4.78 is 5.24. The lowest BCUT2D eigenvalue weighted by Crippen LogP contribution is -2.06. The predicted octanol–water partition coefficient (Wildman–Crippen LogP) is 2.83. The SMILES string of the molecule is CCc1ccc(COC(=O)c2cc(N)cc(N)c2)s1. The lowest BCUT2D eigenvalue weighted by Gasteiger charge is -2.05. The molecule has 0 atom stereocenters. The molecule has 0 unspecified atom stereocenters. The van der Waals surface area contributed by atoms with Crippen molar-refractivity contribution >= 4 is 28.7 Å². The molecule has 0 aliphatic carbocycles. The highest BCUT2D eigenvalue weighted by molar-refractivity contribution is 7.11. The van der Waals surface area contributed by atoms with E-state index in [2.05, 4.69) is 6.92 Å². The first kappa shape index (κ1) is 13.4. The van der Waals surface area contributed by atoms with Crippen LogP contribution in [0.15, 0.2) is 30.3 Å². The summed E-state index contributed by atoms with van der Waals surface area (Å²) >= 11 is 1.65. The Bertz CT molecular complexity index is 573. The summed E-state index contributed by atoms with van der Waals surface area (Å²) in [5, 5.41) is 0. The first-order chi connectivity index (χ1) is 9.08. The molecule has 19 heavy (non-hydrogen) atoms. The fourth-order valence-electron chi connectivity index (χ4n) is 1.70. The third-order valence-electron chi connectivity index (χ3n) is 2.62. The maximum atomic E-state index is 11.9. The molecule has 4 N–H and O–H groups in total. The third kappa shape index (κ3) is 3.48. The van der Waals surface area contributed by atoms with Crippen molar-refractivity contribution in [2.24, 2.45) is 0 Å². The molecule has 0 radical (unpaired) electrons. The van der Waals surface area contributed by atoms with Crippen LogP contribution in [0.1, 0.15) is 27.0 Å². The van der Waals surface area contributed by atoms with E-state index >= 15 is 0 Å². The first-order valence-corrected chi connectivity index (χ1v) is 6.81. The van der Waals surface area contributed by atoms with Crippen molar-refractivity contribution in [3.63, 3.8) is 0 Å². The van der Waals surface area contributed by atoms with E-state index in [1.54, 1.807) is 29.5 Å². The van der Waals surface area contributed by atoms with Gasteiger partial charge in [-0.05, 0) is 36.8 Å². The Morgan fingerprint density at radius 2 is 1.79 bits per heavy atom. The van der Waals surface area contributed by atoms with Crippen LogP contribution in [0.25, 0.3) is 0 Å². The second-order valence-electron chi connectivity index (χ2n) is 4.19. The molecule has 4 nitrogen and oxygen atoms in total. The maximum absolute atomic E-state index is 11.9. The molecule has 0 saturated heterocycles. The summed E-state index contributed by atoms with van der Waals surface area (Å²) in [4.78, 5) is 14.2. The van der Waals surface area contributed by atoms with Crippen LogP contribution in [0.5, 0.6) is 0 Å². The van der Waals surface area contributed by atoms with Crippen LogP contribution in [0.3, 0.4) is 0 Å². The molecule has 0 amide bonds. The van der Waals surface area contributed by atoms with E-state index in [4.69, 9.17) is 16.2 Å². The van der Waals surface area contributed by atoms with Crippen molar-refractivity contribution in [3.8, 4) is 0 Å². The highest BCUT2D eigenvalue weighted by Crippen LogP contribution is 2.19. The van der Waals surface area contributed by atoms with Crippen molar-refractivity contribution in [2.75, 3.05) is 11.5 Å². The van der Waals surface area contributed by atoms with Gasteiger partial charge in [-0.15, -0.1) is 11.3 Å². The minimum absolute atomic E-state index is 0.276. The number of aryl methyl sites for hydroxylation is 1. The number of rotatable bonds is 4. The van der Waals surface area contributed by atoms with Crippen LogP contribution >= 0.6 is 11.3 Å². The van der Waals surface area contributed by atoms with Crippen LogP contribution in [0.2, 0.25) is 0 Å². The number of ether oxygens (including phenoxy) is 1. The van der Waals surface area contributed by atoms with Gasteiger partial charge in [0.2, 0.25) is 0 Å². The molecule has 0 fully saturated rings. The van der Waals surface area contributed by atoms with Gasteiger partial charge < -0.3 is 16.2 Å². The second kappa shape index (κ2) is 5.75. The Balaban J connectivity index is 2.00. The number of carbonyl (C=O) groups excluding carboxylic acids is 1. The Morgan fingerprint density at radius 3 is 2.37 bits per heavy atom. The number of thiophene rings is 1. The summed E-state index contributed by atoms with van der Waals surface area (Å²) in [5.74, 6) is -0.412. The van der Waals surface area contributed by atoms with Gasteiger partial charge in [-0.2, -0.15) is 0 Å². The van der Waals surface area contributed by atoms with Gasteiger partial charge in [0.15, 0.2) is 0 Å². The Morgan fingerprint density at radius 1 is 1.16 bits per heavy atom. The molecule has 1 aromatic heterocycles. The number of esters is 1. The van der Waals surface area contributed by atoms with E-state index in [-0.39, 0.29) is 6.61 Å². The average Bonchev–Trinajstić information content (AvgIpc) is 2.82. The molecule has 0 spiro atoms. The topological polar surface area (TPSA) is 78.3 Å². The van der Waals surface area contributed by atoms with Crippen LogP contribution in [-0.4, -0.2) is 5.97 Å². The molecule has 0 bridgehead atoms. The van der Waals surface area contributed by atoms with Crippen LogP contribution in [0, 0.1) is 0 Å². The third-order valence-corrected chi connectivity index (χ3v) is 3.83. The summed E-state index contributed by atoms with van der Waals surface area (Å²) in [5.41, 5.74) is 12.6. The molecule has 0 saturated carbocycles. The zero-order valence-corrected chi connectivity index (χ0v) is 11.5. The summed E-state index contributed by atoms with van der Waals surface area (Å²) in [6.07, 6.45) is 0.990. The van der Waals surface area contributed by atoms with Crippen molar-refractivity contribution < 1.29 is 9.53 Å². The van der Waals surface area contributed by atoms with Gasteiger partial charge in [-0.25, -0.2) is 4.79 Å². The highest BCUT2D eigenvalue weighted by Gasteiger charge is 2.09. The van der Waals surface area contributed by atoms with Crippen LogP contribution < -0.4 is 11.5 Å². The molecule has 1 aromatic carbocycles. The summed E-state index contributed by atoms with van der Waals surface area (Å²) in [7, 11) is 0. The van der Waals surface area contributed by atoms with Crippen LogP contribution in [0.4, 0.5) is 11.4 Å². The zero-order valence-electron chi connectivity index (χ0n) is 10.7. The zero-order chi connectivity index (χ0) is 13.8. The average molecular weight is 276 g/mol. The van der Waals surface area contributed by atoms with Crippen molar-refractivity contribution in [1.82, 2.24) is 0 Å². The Kier molecular flexibility index (Phi) is 4.06. The molecule has 0 aliphatic rings. The van der Waals surface area contributed by atoms with E-state index in [1.807, 2.05) is 12.1 Å². The maximum Gasteiger partial charge on any atom is 0.338 e. The van der Waals surface area contributed by atoms with Gasteiger partial charge in [-0.1, -0.05) is 6.92 Å². The van der Waals surface area contributed by atoms with Gasteiger partial charge in [0.1, 0.15) is 6.61 Å². The molecular weight excluding hydrogens is 260 g/mol. The fourth-order valence-corrected chi connectivity index (χ4v) is 2.58. The summed E-state index contributed by atoms with van der Waals surface area (Å²) in [6.45, 7) is 2.37. The minimum Gasteiger partial charge on any atom is -0.456 e. The van der Waals surface area contributed by atoms with Gasteiger partial charge in [-0.3, -0.25) is 0 Å². The summed E-state index contributed by atoms with van der Waals surface area (Å²) in [6, 6.07) is 8.75. The van der Waals surface area contributed by atoms with E-state index in [0.29, 0.717) is 16.9 Å². The molecule has 0 aliphatic heterocycles. The highest BCUT2D eigenvalue weighted by atomic mass is 32.1. The Hall–Kier alpha value is -2.01. The number of hydrogen-bond donors (Lipinski definition) is 2. The number of nitrogens with two attached hydrogens (primary N) is 2. The smallest absolute Gasteiger partial charge is 0.338 e. The lowest BCUT2D eigenvalue weighted by molar-refractivity contribution is 0.0477. The monoisotopic (exact) mass is 276 g/mol. The minimum atomic E-state index is -0.412. The van der Waals surface area contributed by atoms with E-state index in [0.717, 1.165) is 11.3 Å². The number of hydrogen-bond acceptors (Lipinski definition) is 5. The van der Waals surface area contributed by atoms with E-state index < -0.39 is 5.97 Å². The van der Waals surface area contributed by atoms with Gasteiger partial charge in [0, 0.05) is 21.1 Å². The quantitative estimate of drug-likeness (QED) is 0.665. The van der Waals surface area contributed by atoms with Gasteiger partial charge >= 0.3 is 5.97 Å². The Labute approximate surface area is 116 Å². The largest absolute Gasteiger partial charge is 0.456 e. The van der Waals surface area contributed by atoms with Crippen molar-refractivity contribution in [3.05, 3.63) is 45.6 Å². The number of nitrogen functional groups attached to an aromatic ring is 2. The lowest BCUT2D eigenvalue weighted by atomic mass is 10.2.